The van der Waals surface area contributed by atoms with Gasteiger partial charge in [0, 0.05) is 17.6 Å². The van der Waals surface area contributed by atoms with Crippen molar-refractivity contribution in [1.82, 2.24) is 9.80 Å². The Hall–Kier alpha value is -3.34. The van der Waals surface area contributed by atoms with Gasteiger partial charge in [0.15, 0.2) is 0 Å². The topological polar surface area (TPSA) is 53.8 Å². The van der Waals surface area contributed by atoms with Crippen LogP contribution < -0.4 is 0 Å². The van der Waals surface area contributed by atoms with Crippen molar-refractivity contribution in [2.45, 2.75) is 46.3 Å². The van der Waals surface area contributed by atoms with Crippen molar-refractivity contribution in [3.63, 3.8) is 0 Å². The van der Waals surface area contributed by atoms with E-state index >= 15 is 0 Å². The molecule has 0 aliphatic rings. The molecule has 31 heavy (non-hydrogen) atoms. The van der Waals surface area contributed by atoms with E-state index in [-0.39, 0.29) is 18.4 Å². The fourth-order valence-electron chi connectivity index (χ4n) is 3.33. The predicted molar refractivity (Wildman–Crippen MR) is 121 cm³/mol. The third-order valence-electron chi connectivity index (χ3n) is 5.14. The molecule has 0 N–H and O–H groups in total. The van der Waals surface area contributed by atoms with Crippen molar-refractivity contribution >= 4 is 11.8 Å². The summed E-state index contributed by atoms with van der Waals surface area (Å²) in [5, 5.41) is 0. The maximum absolute atomic E-state index is 13.4. The Morgan fingerprint density at radius 1 is 0.871 bits per heavy atom. The first-order chi connectivity index (χ1) is 14.7. The molecule has 2 aromatic carbocycles. The van der Waals surface area contributed by atoms with Gasteiger partial charge in [-0.05, 0) is 57.5 Å². The number of aryl methyl sites for hydroxylation is 1. The maximum atomic E-state index is 13.4. The molecule has 0 bridgehead atoms. The van der Waals surface area contributed by atoms with Crippen molar-refractivity contribution < 1.29 is 14.0 Å². The minimum atomic E-state index is -0.513. The zero-order valence-corrected chi connectivity index (χ0v) is 18.7. The van der Waals surface area contributed by atoms with Gasteiger partial charge in [0.2, 0.25) is 5.91 Å². The highest BCUT2D eigenvalue weighted by Crippen LogP contribution is 2.19. The number of benzene rings is 2. The van der Waals surface area contributed by atoms with E-state index in [1.165, 1.54) is 0 Å². The Balaban J connectivity index is 1.83. The zero-order chi connectivity index (χ0) is 22.4. The van der Waals surface area contributed by atoms with E-state index in [0.717, 1.165) is 11.1 Å². The molecule has 3 rings (SSSR count). The Kier molecular flexibility index (Phi) is 6.95. The molecule has 162 valence electrons. The van der Waals surface area contributed by atoms with Crippen LogP contribution in [0.15, 0.2) is 77.4 Å². The lowest BCUT2D eigenvalue weighted by Gasteiger charge is -2.36. The lowest BCUT2D eigenvalue weighted by Crippen LogP contribution is -2.51. The standard InChI is InChI=1S/C26H30N2O3/c1-20-12-14-22(15-13-20)25(30)28(26(2,3)4)19-24(29)27(18-23-11-8-16-31-23)17-21-9-6-5-7-10-21/h5-16H,17-19H2,1-4H3. The summed E-state index contributed by atoms with van der Waals surface area (Å²) in [6.07, 6.45) is 1.60. The second kappa shape index (κ2) is 9.65. The molecule has 0 unspecified atom stereocenters. The quantitative estimate of drug-likeness (QED) is 0.539. The van der Waals surface area contributed by atoms with Gasteiger partial charge < -0.3 is 14.2 Å². The molecule has 5 heteroatoms. The van der Waals surface area contributed by atoms with Crippen LogP contribution in [-0.2, 0) is 17.9 Å². The van der Waals surface area contributed by atoms with Crippen LogP contribution in [0.1, 0.15) is 48.0 Å². The largest absolute Gasteiger partial charge is 0.467 e. The minimum absolute atomic E-state index is 0.0102. The first-order valence-corrected chi connectivity index (χ1v) is 10.5. The maximum Gasteiger partial charge on any atom is 0.254 e. The first-order valence-electron chi connectivity index (χ1n) is 10.5. The molecular formula is C26H30N2O3. The predicted octanol–water partition coefficient (Wildman–Crippen LogP) is 5.06. The Morgan fingerprint density at radius 3 is 2.13 bits per heavy atom. The summed E-state index contributed by atoms with van der Waals surface area (Å²) in [6, 6.07) is 20.9. The van der Waals surface area contributed by atoms with Crippen LogP contribution in [0.4, 0.5) is 0 Å². The van der Waals surface area contributed by atoms with Crippen molar-refractivity contribution in [2.24, 2.45) is 0 Å². The number of carbonyl (C=O) groups is 2. The van der Waals surface area contributed by atoms with Crippen molar-refractivity contribution in [3.05, 3.63) is 95.4 Å². The van der Waals surface area contributed by atoms with Crippen molar-refractivity contribution in [3.8, 4) is 0 Å². The van der Waals surface area contributed by atoms with Crippen molar-refractivity contribution in [1.29, 1.82) is 0 Å². The number of amides is 2. The van der Waals surface area contributed by atoms with E-state index in [2.05, 4.69) is 0 Å². The number of carbonyl (C=O) groups excluding carboxylic acids is 2. The first kappa shape index (κ1) is 22.3. The van der Waals surface area contributed by atoms with Crippen LogP contribution in [0.5, 0.6) is 0 Å². The third kappa shape index (κ3) is 6.07. The fourth-order valence-corrected chi connectivity index (χ4v) is 3.33. The van der Waals surface area contributed by atoms with E-state index in [1.54, 1.807) is 16.1 Å². The highest BCUT2D eigenvalue weighted by atomic mass is 16.3. The minimum Gasteiger partial charge on any atom is -0.467 e. The van der Waals surface area contributed by atoms with Gasteiger partial charge in [0.1, 0.15) is 12.3 Å². The van der Waals surface area contributed by atoms with Gasteiger partial charge in [-0.3, -0.25) is 9.59 Å². The summed E-state index contributed by atoms with van der Waals surface area (Å²) < 4.78 is 5.48. The van der Waals surface area contributed by atoms with E-state index in [9.17, 15) is 9.59 Å². The van der Waals surface area contributed by atoms with Gasteiger partial charge in [0.05, 0.1) is 12.8 Å². The number of rotatable bonds is 7. The second-order valence-corrected chi connectivity index (χ2v) is 8.74. The summed E-state index contributed by atoms with van der Waals surface area (Å²) in [6.45, 7) is 8.59. The average Bonchev–Trinajstić information content (AvgIpc) is 3.24. The molecule has 0 spiro atoms. The summed E-state index contributed by atoms with van der Waals surface area (Å²) in [5.74, 6) is 0.422. The molecule has 1 aromatic heterocycles. The molecular weight excluding hydrogens is 388 g/mol. The Bertz CT molecular complexity index is 987. The van der Waals surface area contributed by atoms with Crippen LogP contribution >= 0.6 is 0 Å². The summed E-state index contributed by atoms with van der Waals surface area (Å²) >= 11 is 0. The lowest BCUT2D eigenvalue weighted by molar-refractivity contribution is -0.134. The van der Waals surface area contributed by atoms with Gasteiger partial charge >= 0.3 is 0 Å². The number of hydrogen-bond acceptors (Lipinski definition) is 3. The molecule has 0 radical (unpaired) electrons. The van der Waals surface area contributed by atoms with Crippen molar-refractivity contribution in [2.75, 3.05) is 6.54 Å². The smallest absolute Gasteiger partial charge is 0.254 e. The summed E-state index contributed by atoms with van der Waals surface area (Å²) in [5.41, 5.74) is 2.17. The zero-order valence-electron chi connectivity index (χ0n) is 18.7. The van der Waals surface area contributed by atoms with Gasteiger partial charge in [-0.25, -0.2) is 0 Å². The molecule has 3 aromatic rings. The van der Waals surface area contributed by atoms with E-state index < -0.39 is 5.54 Å². The monoisotopic (exact) mass is 418 g/mol. The lowest BCUT2D eigenvalue weighted by atomic mass is 10.0. The third-order valence-corrected chi connectivity index (χ3v) is 5.14. The van der Waals surface area contributed by atoms with E-state index in [0.29, 0.717) is 24.4 Å². The van der Waals surface area contributed by atoms with Crippen LogP contribution in [0.25, 0.3) is 0 Å². The Labute approximate surface area is 184 Å². The molecule has 0 aliphatic heterocycles. The SMILES string of the molecule is Cc1ccc(C(=O)N(CC(=O)N(Cc2ccccc2)Cc2ccco2)C(C)(C)C)cc1. The van der Waals surface area contributed by atoms with Crippen LogP contribution in [0.2, 0.25) is 0 Å². The molecule has 2 amide bonds. The van der Waals surface area contributed by atoms with Gasteiger partial charge in [-0.15, -0.1) is 0 Å². The molecule has 0 saturated heterocycles. The van der Waals surface area contributed by atoms with E-state index in [1.807, 2.05) is 94.4 Å². The van der Waals surface area contributed by atoms with Gasteiger partial charge in [-0.1, -0.05) is 48.0 Å². The average molecular weight is 419 g/mol. The number of hydrogen-bond donors (Lipinski definition) is 0. The van der Waals surface area contributed by atoms with Crippen LogP contribution in [0.3, 0.4) is 0 Å². The summed E-state index contributed by atoms with van der Waals surface area (Å²) in [4.78, 5) is 30.1. The normalized spacial score (nSPS) is 11.2. The Morgan fingerprint density at radius 2 is 1.55 bits per heavy atom. The molecule has 0 atom stereocenters. The van der Waals surface area contributed by atoms with E-state index in [4.69, 9.17) is 4.42 Å². The summed E-state index contributed by atoms with van der Waals surface area (Å²) in [7, 11) is 0. The molecule has 0 fully saturated rings. The van der Waals surface area contributed by atoms with Gasteiger partial charge in [0.25, 0.3) is 5.91 Å². The van der Waals surface area contributed by atoms with Gasteiger partial charge in [-0.2, -0.15) is 0 Å². The molecule has 1 heterocycles. The molecule has 5 nitrogen and oxygen atoms in total. The number of furan rings is 1. The molecule has 0 aliphatic carbocycles. The highest BCUT2D eigenvalue weighted by molar-refractivity contribution is 5.97. The highest BCUT2D eigenvalue weighted by Gasteiger charge is 2.31. The van der Waals surface area contributed by atoms with Crippen LogP contribution in [0, 0.1) is 6.92 Å². The fraction of sp³-hybridized carbons (Fsp3) is 0.308. The number of nitrogens with zero attached hydrogens (tertiary/aromatic N) is 2. The second-order valence-electron chi connectivity index (χ2n) is 8.74. The van der Waals surface area contributed by atoms with Crippen LogP contribution in [-0.4, -0.2) is 33.7 Å². The molecule has 0 saturated carbocycles.